The summed E-state index contributed by atoms with van der Waals surface area (Å²) in [6, 6.07) is 0.646. The van der Waals surface area contributed by atoms with Gasteiger partial charge >= 0.3 is 35.9 Å². The predicted molar refractivity (Wildman–Crippen MR) is 130 cm³/mol. The van der Waals surface area contributed by atoms with E-state index in [4.69, 9.17) is 34.5 Å². The van der Waals surface area contributed by atoms with Crippen LogP contribution in [-0.4, -0.2) is 83.2 Å². The van der Waals surface area contributed by atoms with Crippen LogP contribution in [0.4, 0.5) is 0 Å². The predicted octanol–water partition coefficient (Wildman–Crippen LogP) is 2.03. The van der Waals surface area contributed by atoms with Crippen molar-refractivity contribution in [2.45, 2.75) is 78.9 Å². The van der Waals surface area contributed by atoms with Crippen molar-refractivity contribution in [2.24, 2.45) is 0 Å². The van der Waals surface area contributed by atoms with E-state index in [-0.39, 0.29) is 5.41 Å². The van der Waals surface area contributed by atoms with Crippen LogP contribution in [0.3, 0.4) is 0 Å². The monoisotopic (exact) mass is 530 g/mol. The van der Waals surface area contributed by atoms with E-state index < -0.39 is 51.3 Å². The van der Waals surface area contributed by atoms with E-state index in [1.165, 1.54) is 0 Å². The van der Waals surface area contributed by atoms with Crippen molar-refractivity contribution in [3.8, 4) is 0 Å². The molecule has 0 aromatic heterocycles. The minimum atomic E-state index is -3.13. The van der Waals surface area contributed by atoms with Crippen molar-refractivity contribution in [1.82, 2.24) is 0 Å². The SMILES string of the molecule is CCO[Si](CCCOC(CC)C(=O)[Si]1(C)O[SiH](C)O[SiH](C)O[SiH](C)O1)(OCC)OCC. The van der Waals surface area contributed by atoms with Crippen LogP contribution in [0.1, 0.15) is 40.5 Å². The van der Waals surface area contributed by atoms with Gasteiger partial charge in [0.25, 0.3) is 9.28 Å². The van der Waals surface area contributed by atoms with Crippen molar-refractivity contribution >= 4 is 50.6 Å². The maximum atomic E-state index is 13.4. The fourth-order valence-corrected chi connectivity index (χ4v) is 20.4. The smallest absolute Gasteiger partial charge is 0.420 e. The molecule has 0 spiro atoms. The van der Waals surface area contributed by atoms with Gasteiger partial charge in [0, 0.05) is 32.5 Å². The van der Waals surface area contributed by atoms with Gasteiger partial charge in [-0.15, -0.1) is 0 Å². The zero-order valence-corrected chi connectivity index (χ0v) is 25.9. The summed E-state index contributed by atoms with van der Waals surface area (Å²) in [5.74, 6) is 0. The van der Waals surface area contributed by atoms with Crippen molar-refractivity contribution in [3.05, 3.63) is 0 Å². The average Bonchev–Trinajstić information content (AvgIpc) is 2.66. The molecule has 1 aliphatic heterocycles. The van der Waals surface area contributed by atoms with Gasteiger partial charge < -0.3 is 34.5 Å². The lowest BCUT2D eigenvalue weighted by molar-refractivity contribution is -0.126. The fourth-order valence-electron chi connectivity index (χ4n) is 3.59. The molecule has 184 valence electrons. The first-order valence-corrected chi connectivity index (χ1v) is 21.9. The van der Waals surface area contributed by atoms with Crippen LogP contribution < -0.4 is 0 Å². The molecule has 3 atom stereocenters. The molecular formula is C17H42O9Si5. The molecule has 1 fully saturated rings. The van der Waals surface area contributed by atoms with Gasteiger partial charge in [-0.05, 0) is 59.8 Å². The van der Waals surface area contributed by atoms with Crippen LogP contribution in [0.25, 0.3) is 0 Å². The van der Waals surface area contributed by atoms with E-state index in [9.17, 15) is 4.79 Å². The lowest BCUT2D eigenvalue weighted by Crippen LogP contribution is -2.60. The summed E-state index contributed by atoms with van der Waals surface area (Å²) in [6.07, 6.45) is 0.662. The number of hydrogen-bond donors (Lipinski definition) is 0. The van der Waals surface area contributed by atoms with Crippen LogP contribution >= 0.6 is 0 Å². The second-order valence-electron chi connectivity index (χ2n) is 7.37. The Kier molecular flexibility index (Phi) is 13.9. The Labute approximate surface area is 195 Å². The van der Waals surface area contributed by atoms with Crippen LogP contribution in [0.2, 0.25) is 32.2 Å². The molecule has 0 amide bonds. The minimum Gasteiger partial charge on any atom is -0.420 e. The molecule has 3 unspecified atom stereocenters. The van der Waals surface area contributed by atoms with Gasteiger partial charge in [-0.2, -0.15) is 0 Å². The van der Waals surface area contributed by atoms with E-state index >= 15 is 0 Å². The second kappa shape index (κ2) is 14.6. The Balaban J connectivity index is 2.72. The highest BCUT2D eigenvalue weighted by Crippen LogP contribution is 2.22. The van der Waals surface area contributed by atoms with Crippen molar-refractivity contribution in [3.63, 3.8) is 0 Å². The zero-order valence-electron chi connectivity index (χ0n) is 20.4. The highest BCUT2D eigenvalue weighted by Gasteiger charge is 2.49. The Morgan fingerprint density at radius 3 is 1.81 bits per heavy atom. The van der Waals surface area contributed by atoms with E-state index in [1.807, 2.05) is 47.3 Å². The van der Waals surface area contributed by atoms with Gasteiger partial charge in [-0.3, -0.25) is 4.79 Å². The molecule has 31 heavy (non-hydrogen) atoms. The van der Waals surface area contributed by atoms with Gasteiger partial charge in [-0.1, -0.05) is 6.92 Å². The Morgan fingerprint density at radius 2 is 1.39 bits per heavy atom. The number of carbonyl (C=O) groups is 1. The summed E-state index contributed by atoms with van der Waals surface area (Å²) in [5.41, 5.74) is 0. The average molecular weight is 531 g/mol. The molecule has 0 radical (unpaired) electrons. The van der Waals surface area contributed by atoms with Gasteiger partial charge in [0.2, 0.25) is 0 Å². The molecule has 0 bridgehead atoms. The normalized spacial score (nSPS) is 28.7. The molecule has 1 rings (SSSR count). The largest absolute Gasteiger partial charge is 0.501 e. The van der Waals surface area contributed by atoms with Crippen LogP contribution in [0, 0.1) is 0 Å². The summed E-state index contributed by atoms with van der Waals surface area (Å²) in [6.45, 7) is 17.4. The van der Waals surface area contributed by atoms with Crippen molar-refractivity contribution < 1.29 is 39.3 Å². The molecule has 0 aromatic rings. The zero-order chi connectivity index (χ0) is 23.5. The molecule has 0 N–H and O–H groups in total. The summed E-state index contributed by atoms with van der Waals surface area (Å²) in [5, 5.41) is -0.0833. The highest BCUT2D eigenvalue weighted by molar-refractivity contribution is 7.02. The van der Waals surface area contributed by atoms with Gasteiger partial charge in [0.05, 0.1) is 0 Å². The molecule has 1 aliphatic rings. The molecular weight excluding hydrogens is 489 g/mol. The summed E-state index contributed by atoms with van der Waals surface area (Å²) in [4.78, 5) is 13.4. The quantitative estimate of drug-likeness (QED) is 0.247. The topological polar surface area (TPSA) is 90.9 Å². The minimum absolute atomic E-state index is 0.0833. The van der Waals surface area contributed by atoms with E-state index in [0.29, 0.717) is 45.3 Å². The van der Waals surface area contributed by atoms with Crippen LogP contribution in [0.5, 0.6) is 0 Å². The lowest BCUT2D eigenvalue weighted by Gasteiger charge is -2.37. The first kappa shape index (κ1) is 29.5. The third-order valence-corrected chi connectivity index (χ3v) is 21.5. The molecule has 0 saturated carbocycles. The third kappa shape index (κ3) is 9.67. The van der Waals surface area contributed by atoms with Crippen molar-refractivity contribution in [2.75, 3.05) is 26.4 Å². The summed E-state index contributed by atoms with van der Waals surface area (Å²) in [7, 11) is -11.6. The molecule has 1 saturated heterocycles. The standard InChI is InChI=1S/C17H42O9Si5/c1-9-16(19-14-13-15-31(20-10-2,21-11-3)22-12-4)17(18)30(8)25-28(6)23-27(5)24-29(7)26-30/h16,27-29H,9-15H2,1-8H3. The summed E-state index contributed by atoms with van der Waals surface area (Å²) < 4.78 is 47.8. The van der Waals surface area contributed by atoms with E-state index in [1.54, 1.807) is 6.55 Å². The number of ether oxygens (including phenoxy) is 1. The third-order valence-electron chi connectivity index (χ3n) is 4.70. The Morgan fingerprint density at radius 1 is 0.903 bits per heavy atom. The van der Waals surface area contributed by atoms with Crippen LogP contribution in [-0.2, 0) is 39.3 Å². The van der Waals surface area contributed by atoms with Gasteiger partial charge in [0.1, 0.15) is 6.10 Å². The number of carbonyl (C=O) groups excluding carboxylic acids is 1. The van der Waals surface area contributed by atoms with Gasteiger partial charge in [-0.25, -0.2) is 0 Å². The first-order chi connectivity index (χ1) is 14.6. The molecule has 0 aliphatic carbocycles. The number of hydrogen-bond acceptors (Lipinski definition) is 9. The van der Waals surface area contributed by atoms with Gasteiger partial charge in [0.15, 0.2) is 5.41 Å². The Bertz CT molecular complexity index is 499. The lowest BCUT2D eigenvalue weighted by atomic mass is 10.3. The molecule has 1 heterocycles. The van der Waals surface area contributed by atoms with E-state index in [2.05, 4.69) is 0 Å². The second-order valence-corrected chi connectivity index (χ2v) is 20.0. The Hall–Kier alpha value is 0.434. The molecule has 9 nitrogen and oxygen atoms in total. The van der Waals surface area contributed by atoms with Crippen molar-refractivity contribution in [1.29, 1.82) is 0 Å². The maximum Gasteiger partial charge on any atom is 0.501 e. The van der Waals surface area contributed by atoms with Crippen LogP contribution in [0.15, 0.2) is 0 Å². The summed E-state index contributed by atoms with van der Waals surface area (Å²) >= 11 is 0. The van der Waals surface area contributed by atoms with E-state index in [0.717, 1.165) is 0 Å². The first-order valence-electron chi connectivity index (χ1n) is 11.4. The highest BCUT2D eigenvalue weighted by atomic mass is 28.5. The fraction of sp³-hybridized carbons (Fsp3) is 0.941. The molecule has 0 aromatic carbocycles. The number of rotatable bonds is 14. The maximum absolute atomic E-state index is 13.4. The molecule has 14 heteroatoms.